The molecule has 6 nitrogen and oxygen atoms in total. The molecule has 0 aromatic heterocycles. The van der Waals surface area contributed by atoms with Crippen molar-refractivity contribution in [1.29, 1.82) is 0 Å². The van der Waals surface area contributed by atoms with E-state index in [0.29, 0.717) is 17.7 Å². The SMILES string of the molecule is CCOC(=O)[C@@H]1CC(=NOC)CN1C(=O)c1ccc(-c2ccccc2)cc1. The van der Waals surface area contributed by atoms with E-state index in [2.05, 4.69) is 5.16 Å². The average Bonchev–Trinajstić information content (AvgIpc) is 3.13. The molecular formula is C21H22N2O4. The number of hydrogen-bond donors (Lipinski definition) is 0. The molecule has 3 rings (SSSR count). The zero-order valence-corrected chi connectivity index (χ0v) is 15.4. The molecule has 1 saturated heterocycles. The van der Waals surface area contributed by atoms with E-state index in [-0.39, 0.29) is 19.1 Å². The van der Waals surface area contributed by atoms with Crippen LogP contribution in [0, 0.1) is 0 Å². The first-order valence-corrected chi connectivity index (χ1v) is 8.86. The minimum Gasteiger partial charge on any atom is -0.464 e. The average molecular weight is 366 g/mol. The number of carbonyl (C=O) groups excluding carboxylic acids is 2. The summed E-state index contributed by atoms with van der Waals surface area (Å²) in [5, 5.41) is 3.91. The standard InChI is InChI=1S/C21H22N2O4/c1-3-27-21(25)19-13-18(22-26-2)14-23(19)20(24)17-11-9-16(10-12-17)15-7-5-4-6-8-15/h4-12,19H,3,13-14H2,1-2H3/t19-/m0/s1. The molecule has 1 heterocycles. The van der Waals surface area contributed by atoms with Crippen molar-refractivity contribution in [3.63, 3.8) is 0 Å². The number of esters is 1. The van der Waals surface area contributed by atoms with E-state index in [1.807, 2.05) is 42.5 Å². The van der Waals surface area contributed by atoms with Gasteiger partial charge in [0.1, 0.15) is 13.2 Å². The normalized spacial score (nSPS) is 17.8. The lowest BCUT2D eigenvalue weighted by Gasteiger charge is -2.22. The molecule has 1 fully saturated rings. The predicted molar refractivity (Wildman–Crippen MR) is 102 cm³/mol. The molecule has 0 saturated carbocycles. The minimum atomic E-state index is -0.680. The van der Waals surface area contributed by atoms with Crippen LogP contribution in [0.2, 0.25) is 0 Å². The Hall–Kier alpha value is -3.15. The lowest BCUT2D eigenvalue weighted by Crippen LogP contribution is -2.41. The van der Waals surface area contributed by atoms with Crippen LogP contribution in [-0.4, -0.2) is 48.8 Å². The van der Waals surface area contributed by atoms with E-state index in [9.17, 15) is 9.59 Å². The molecule has 0 spiro atoms. The van der Waals surface area contributed by atoms with Crippen molar-refractivity contribution in [2.24, 2.45) is 5.16 Å². The molecule has 1 aliphatic heterocycles. The molecule has 0 N–H and O–H groups in total. The van der Waals surface area contributed by atoms with Crippen molar-refractivity contribution in [1.82, 2.24) is 4.90 Å². The van der Waals surface area contributed by atoms with Gasteiger partial charge in [-0.25, -0.2) is 4.79 Å². The Balaban J connectivity index is 1.82. The third kappa shape index (κ3) is 4.16. The van der Waals surface area contributed by atoms with E-state index in [1.54, 1.807) is 19.1 Å². The van der Waals surface area contributed by atoms with Crippen LogP contribution in [0.1, 0.15) is 23.7 Å². The maximum atomic E-state index is 13.0. The summed E-state index contributed by atoms with van der Waals surface area (Å²) in [5.74, 6) is -0.651. The predicted octanol–water partition coefficient (Wildman–Crippen LogP) is 3.13. The molecule has 1 amide bonds. The van der Waals surface area contributed by atoms with Crippen LogP contribution in [0.5, 0.6) is 0 Å². The quantitative estimate of drug-likeness (QED) is 0.602. The van der Waals surface area contributed by atoms with Crippen molar-refractivity contribution in [2.45, 2.75) is 19.4 Å². The van der Waals surface area contributed by atoms with Gasteiger partial charge in [-0.2, -0.15) is 0 Å². The third-order valence-corrected chi connectivity index (χ3v) is 4.44. The zero-order chi connectivity index (χ0) is 19.2. The first-order chi connectivity index (χ1) is 13.1. The fourth-order valence-corrected chi connectivity index (χ4v) is 3.16. The molecular weight excluding hydrogens is 344 g/mol. The molecule has 2 aromatic carbocycles. The maximum absolute atomic E-state index is 13.0. The van der Waals surface area contributed by atoms with Gasteiger partial charge in [-0.3, -0.25) is 4.79 Å². The smallest absolute Gasteiger partial charge is 0.329 e. The number of oxime groups is 1. The van der Waals surface area contributed by atoms with E-state index in [0.717, 1.165) is 11.1 Å². The lowest BCUT2D eigenvalue weighted by molar-refractivity contribution is -0.147. The van der Waals surface area contributed by atoms with Gasteiger partial charge in [0.05, 0.1) is 18.9 Å². The Kier molecular flexibility index (Phi) is 5.86. The molecule has 0 unspecified atom stereocenters. The molecule has 0 aliphatic carbocycles. The summed E-state index contributed by atoms with van der Waals surface area (Å²) >= 11 is 0. The van der Waals surface area contributed by atoms with Crippen LogP contribution in [-0.2, 0) is 14.4 Å². The van der Waals surface area contributed by atoms with Gasteiger partial charge in [0, 0.05) is 12.0 Å². The number of ether oxygens (including phenoxy) is 1. The largest absolute Gasteiger partial charge is 0.464 e. The Bertz CT molecular complexity index is 831. The van der Waals surface area contributed by atoms with Gasteiger partial charge >= 0.3 is 5.97 Å². The summed E-state index contributed by atoms with van der Waals surface area (Å²) in [5.41, 5.74) is 3.26. The summed E-state index contributed by atoms with van der Waals surface area (Å²) in [6.45, 7) is 2.25. The summed E-state index contributed by atoms with van der Waals surface area (Å²) in [7, 11) is 1.44. The summed E-state index contributed by atoms with van der Waals surface area (Å²) in [6, 6.07) is 16.6. The second kappa shape index (κ2) is 8.49. The van der Waals surface area contributed by atoms with Crippen molar-refractivity contribution in [2.75, 3.05) is 20.3 Å². The van der Waals surface area contributed by atoms with E-state index < -0.39 is 12.0 Å². The number of hydrogen-bond acceptors (Lipinski definition) is 5. The molecule has 1 aliphatic rings. The molecule has 6 heteroatoms. The Labute approximate surface area is 158 Å². The Morgan fingerprint density at radius 1 is 1.07 bits per heavy atom. The van der Waals surface area contributed by atoms with E-state index in [4.69, 9.17) is 9.57 Å². The monoisotopic (exact) mass is 366 g/mol. The van der Waals surface area contributed by atoms with Crippen LogP contribution in [0.15, 0.2) is 59.8 Å². The van der Waals surface area contributed by atoms with Gasteiger partial charge < -0.3 is 14.5 Å². The van der Waals surface area contributed by atoms with E-state index in [1.165, 1.54) is 12.0 Å². The molecule has 27 heavy (non-hydrogen) atoms. The fourth-order valence-electron chi connectivity index (χ4n) is 3.16. The Morgan fingerprint density at radius 2 is 1.74 bits per heavy atom. The van der Waals surface area contributed by atoms with Gasteiger partial charge in [0.2, 0.25) is 0 Å². The summed E-state index contributed by atoms with van der Waals surface area (Å²) < 4.78 is 5.12. The number of amides is 1. The summed E-state index contributed by atoms with van der Waals surface area (Å²) in [6.07, 6.45) is 0.320. The number of rotatable bonds is 5. The van der Waals surface area contributed by atoms with Crippen LogP contribution >= 0.6 is 0 Å². The molecule has 0 bridgehead atoms. The van der Waals surface area contributed by atoms with Crippen molar-refractivity contribution < 1.29 is 19.2 Å². The fraction of sp³-hybridized carbons (Fsp3) is 0.286. The highest BCUT2D eigenvalue weighted by molar-refractivity contribution is 6.04. The van der Waals surface area contributed by atoms with Crippen LogP contribution < -0.4 is 0 Å². The highest BCUT2D eigenvalue weighted by atomic mass is 16.6. The first-order valence-electron chi connectivity index (χ1n) is 8.86. The van der Waals surface area contributed by atoms with Gasteiger partial charge in [0.25, 0.3) is 5.91 Å². The third-order valence-electron chi connectivity index (χ3n) is 4.44. The first kappa shape index (κ1) is 18.6. The molecule has 2 aromatic rings. The highest BCUT2D eigenvalue weighted by Gasteiger charge is 2.39. The van der Waals surface area contributed by atoms with Crippen molar-refractivity contribution in [3.8, 4) is 11.1 Å². The van der Waals surface area contributed by atoms with Gasteiger partial charge in [0.15, 0.2) is 0 Å². The number of nitrogens with zero attached hydrogens (tertiary/aromatic N) is 2. The van der Waals surface area contributed by atoms with Crippen molar-refractivity contribution >= 4 is 17.6 Å². The molecule has 0 radical (unpaired) electrons. The van der Waals surface area contributed by atoms with Crippen LogP contribution in [0.25, 0.3) is 11.1 Å². The second-order valence-corrected chi connectivity index (χ2v) is 6.19. The van der Waals surface area contributed by atoms with Crippen LogP contribution in [0.4, 0.5) is 0 Å². The summed E-state index contributed by atoms with van der Waals surface area (Å²) in [4.78, 5) is 31.6. The number of carbonyl (C=O) groups is 2. The maximum Gasteiger partial charge on any atom is 0.329 e. The second-order valence-electron chi connectivity index (χ2n) is 6.19. The van der Waals surface area contributed by atoms with E-state index >= 15 is 0 Å². The van der Waals surface area contributed by atoms with Gasteiger partial charge in [-0.05, 0) is 30.2 Å². The minimum absolute atomic E-state index is 0.228. The molecule has 140 valence electrons. The van der Waals surface area contributed by atoms with Gasteiger partial charge in [-0.1, -0.05) is 47.6 Å². The van der Waals surface area contributed by atoms with Gasteiger partial charge in [-0.15, -0.1) is 0 Å². The zero-order valence-electron chi connectivity index (χ0n) is 15.4. The Morgan fingerprint density at radius 3 is 2.37 bits per heavy atom. The molecule has 1 atom stereocenters. The number of likely N-dealkylation sites (tertiary alicyclic amines) is 1. The van der Waals surface area contributed by atoms with Crippen molar-refractivity contribution in [3.05, 3.63) is 60.2 Å². The van der Waals surface area contributed by atoms with Crippen LogP contribution in [0.3, 0.4) is 0 Å². The highest BCUT2D eigenvalue weighted by Crippen LogP contribution is 2.23. The lowest BCUT2D eigenvalue weighted by atomic mass is 10.0. The number of benzene rings is 2. The topological polar surface area (TPSA) is 68.2 Å².